The second-order valence-electron chi connectivity index (χ2n) is 3.24. The van der Waals surface area contributed by atoms with Gasteiger partial charge in [0.05, 0.1) is 0 Å². The van der Waals surface area contributed by atoms with Gasteiger partial charge in [0.25, 0.3) is 0 Å². The fraction of sp³-hybridized carbons (Fsp3) is 0.333. The molecule has 0 aliphatic rings. The summed E-state index contributed by atoms with van der Waals surface area (Å²) in [6.07, 6.45) is 0. The zero-order valence-electron chi connectivity index (χ0n) is 7.20. The first kappa shape index (κ1) is 9.77. The predicted octanol–water partition coefficient (Wildman–Crippen LogP) is 0.0352. The summed E-state index contributed by atoms with van der Waals surface area (Å²) in [6, 6.07) is 9.83. The predicted molar refractivity (Wildman–Crippen MR) is 51.9 cm³/mol. The maximum atomic E-state index is 9.16. The van der Waals surface area contributed by atoms with Crippen molar-refractivity contribution in [3.8, 4) is 0 Å². The van der Waals surface area contributed by atoms with E-state index in [4.69, 9.17) is 10.2 Å². The van der Waals surface area contributed by atoms with Gasteiger partial charge in [-0.25, -0.2) is 0 Å². The van der Waals surface area contributed by atoms with E-state index in [-0.39, 0.29) is 10.9 Å². The van der Waals surface area contributed by atoms with E-state index in [1.165, 1.54) is 0 Å². The van der Waals surface area contributed by atoms with E-state index in [1.807, 2.05) is 36.1 Å². The van der Waals surface area contributed by atoms with Crippen LogP contribution in [-0.2, 0) is 0 Å². The van der Waals surface area contributed by atoms with Crippen LogP contribution >= 0.6 is 0 Å². The average molecular weight is 227 g/mol. The molecule has 2 N–H and O–H groups in total. The Hall–Kier alpha value is -0.317. The minimum atomic E-state index is -2.47. The van der Waals surface area contributed by atoms with Gasteiger partial charge in [0.15, 0.2) is 0 Å². The molecule has 0 heterocycles. The molecule has 0 saturated heterocycles. The van der Waals surface area contributed by atoms with E-state index >= 15 is 0 Å². The van der Waals surface area contributed by atoms with Crippen molar-refractivity contribution >= 4 is 17.7 Å². The van der Waals surface area contributed by atoms with Crippen LogP contribution in [0.3, 0.4) is 0 Å². The molecule has 0 bridgehead atoms. The summed E-state index contributed by atoms with van der Waals surface area (Å²) in [5.74, 6) is 2.02. The number of rotatable bonds is 3. The van der Waals surface area contributed by atoms with Crippen LogP contribution in [0.2, 0.25) is 5.76 Å². The van der Waals surface area contributed by atoms with Crippen LogP contribution in [0.4, 0.5) is 0 Å². The fourth-order valence-electron chi connectivity index (χ4n) is 1.07. The van der Waals surface area contributed by atoms with Crippen molar-refractivity contribution in [3.05, 3.63) is 30.3 Å². The molecular formula is C9H14GeO2. The third-order valence-electron chi connectivity index (χ3n) is 2.17. The van der Waals surface area contributed by atoms with E-state index < -0.39 is 13.3 Å². The monoisotopic (exact) mass is 228 g/mol. The summed E-state index contributed by atoms with van der Waals surface area (Å²) >= 11 is -2.47. The van der Waals surface area contributed by atoms with E-state index in [0.29, 0.717) is 0 Å². The van der Waals surface area contributed by atoms with E-state index in [1.54, 1.807) is 0 Å². The summed E-state index contributed by atoms with van der Waals surface area (Å²) in [5, 5.41) is 18.3. The number of aliphatic hydroxyl groups is 2. The van der Waals surface area contributed by atoms with Gasteiger partial charge in [-0.1, -0.05) is 0 Å². The topological polar surface area (TPSA) is 40.5 Å². The van der Waals surface area contributed by atoms with Crippen LogP contribution in [0.1, 0.15) is 0 Å². The zero-order valence-corrected chi connectivity index (χ0v) is 9.29. The molecule has 0 radical (unpaired) electrons. The standard InChI is InChI=1S/C9H14GeO2/c1-10(7-11,8-12)9-5-3-2-4-6-9/h2-6,11-12H,7-8H2,1H3. The van der Waals surface area contributed by atoms with E-state index in [9.17, 15) is 0 Å². The van der Waals surface area contributed by atoms with Crippen molar-refractivity contribution in [3.63, 3.8) is 0 Å². The van der Waals surface area contributed by atoms with Crippen LogP contribution in [0.5, 0.6) is 0 Å². The fourth-order valence-corrected chi connectivity index (χ4v) is 4.14. The summed E-state index contributed by atoms with van der Waals surface area (Å²) < 4.78 is 1.16. The van der Waals surface area contributed by atoms with Crippen LogP contribution in [0.25, 0.3) is 0 Å². The molecule has 1 aromatic rings. The normalized spacial score (nSPS) is 11.6. The maximum absolute atomic E-state index is 9.16. The van der Waals surface area contributed by atoms with Gasteiger partial charge in [-0.05, 0) is 0 Å². The molecule has 0 unspecified atom stereocenters. The molecule has 2 nitrogen and oxygen atoms in total. The van der Waals surface area contributed by atoms with Crippen molar-refractivity contribution in [1.29, 1.82) is 0 Å². The third kappa shape index (κ3) is 1.88. The molecule has 0 aliphatic heterocycles. The van der Waals surface area contributed by atoms with Crippen LogP contribution in [0, 0.1) is 0 Å². The summed E-state index contributed by atoms with van der Waals surface area (Å²) in [4.78, 5) is 0. The molecule has 0 fully saturated rings. The van der Waals surface area contributed by atoms with Crippen molar-refractivity contribution in [2.24, 2.45) is 0 Å². The van der Waals surface area contributed by atoms with Gasteiger partial charge in [-0.3, -0.25) is 0 Å². The first-order chi connectivity index (χ1) is 5.73. The Labute approximate surface area is 75.2 Å². The van der Waals surface area contributed by atoms with Gasteiger partial charge < -0.3 is 0 Å². The molecular weight excluding hydrogens is 213 g/mol. The molecule has 0 aromatic heterocycles. The van der Waals surface area contributed by atoms with Crippen molar-refractivity contribution in [2.75, 3.05) is 10.9 Å². The molecule has 66 valence electrons. The Morgan fingerprint density at radius 1 is 1.08 bits per heavy atom. The van der Waals surface area contributed by atoms with Crippen LogP contribution in [-0.4, -0.2) is 34.4 Å². The summed E-state index contributed by atoms with van der Waals surface area (Å²) in [5.41, 5.74) is 0.307. The molecule has 0 spiro atoms. The minimum absolute atomic E-state index is 0.153. The molecule has 0 amide bonds. The second kappa shape index (κ2) is 4.07. The summed E-state index contributed by atoms with van der Waals surface area (Å²) in [7, 11) is 0. The van der Waals surface area contributed by atoms with Gasteiger partial charge in [-0.2, -0.15) is 0 Å². The SMILES string of the molecule is [CH3][Ge]([CH2]O)([CH2]O)[c]1ccccc1. The third-order valence-corrected chi connectivity index (χ3v) is 8.72. The molecule has 12 heavy (non-hydrogen) atoms. The number of aliphatic hydroxyl groups excluding tert-OH is 2. The van der Waals surface area contributed by atoms with E-state index in [0.717, 1.165) is 4.40 Å². The van der Waals surface area contributed by atoms with Gasteiger partial charge in [0, 0.05) is 0 Å². The summed E-state index contributed by atoms with van der Waals surface area (Å²) in [6.45, 7) is 0. The molecule has 0 aliphatic carbocycles. The van der Waals surface area contributed by atoms with Crippen molar-refractivity contribution < 1.29 is 10.2 Å². The Kier molecular flexibility index (Phi) is 3.32. The molecule has 1 aromatic carbocycles. The second-order valence-corrected chi connectivity index (χ2v) is 12.3. The Bertz CT molecular complexity index is 232. The molecule has 0 saturated carbocycles. The van der Waals surface area contributed by atoms with E-state index in [2.05, 4.69) is 0 Å². The van der Waals surface area contributed by atoms with Crippen LogP contribution in [0.15, 0.2) is 30.3 Å². The van der Waals surface area contributed by atoms with Crippen molar-refractivity contribution in [2.45, 2.75) is 5.76 Å². The van der Waals surface area contributed by atoms with Gasteiger partial charge in [0.1, 0.15) is 0 Å². The Morgan fingerprint density at radius 3 is 2.00 bits per heavy atom. The van der Waals surface area contributed by atoms with Gasteiger partial charge in [-0.15, -0.1) is 0 Å². The molecule has 3 heteroatoms. The molecule has 0 atom stereocenters. The van der Waals surface area contributed by atoms with Crippen molar-refractivity contribution in [1.82, 2.24) is 0 Å². The Balaban J connectivity index is 2.95. The van der Waals surface area contributed by atoms with Gasteiger partial charge in [0.2, 0.25) is 0 Å². The quantitative estimate of drug-likeness (QED) is 0.715. The number of hydrogen-bond acceptors (Lipinski definition) is 2. The first-order valence-corrected chi connectivity index (χ1v) is 10.1. The Morgan fingerprint density at radius 2 is 1.58 bits per heavy atom. The van der Waals surface area contributed by atoms with Crippen LogP contribution < -0.4 is 4.40 Å². The zero-order chi connectivity index (χ0) is 9.03. The number of benzene rings is 1. The first-order valence-electron chi connectivity index (χ1n) is 4.00. The average Bonchev–Trinajstić information content (AvgIpc) is 2.18. The molecule has 1 rings (SSSR count). The van der Waals surface area contributed by atoms with Gasteiger partial charge >= 0.3 is 74.8 Å². The number of hydrogen-bond donors (Lipinski definition) is 2.